The van der Waals surface area contributed by atoms with Gasteiger partial charge in [-0.2, -0.15) is 0 Å². The van der Waals surface area contributed by atoms with Gasteiger partial charge in [-0.25, -0.2) is 0 Å². The summed E-state index contributed by atoms with van der Waals surface area (Å²) in [4.78, 5) is 6.87. The van der Waals surface area contributed by atoms with Gasteiger partial charge in [0.2, 0.25) is 0 Å². The van der Waals surface area contributed by atoms with Crippen LogP contribution in [0.5, 0.6) is 0 Å². The van der Waals surface area contributed by atoms with Crippen molar-refractivity contribution in [1.82, 2.24) is 9.88 Å². The highest BCUT2D eigenvalue weighted by Gasteiger charge is 2.18. The molecule has 0 atom stereocenters. The first-order chi connectivity index (χ1) is 8.33. The number of nitrogens with two attached hydrogens (primary N) is 1. The molecule has 0 unspecified atom stereocenters. The predicted octanol–water partition coefficient (Wildman–Crippen LogP) is 2.16. The van der Waals surface area contributed by atoms with Crippen molar-refractivity contribution in [3.8, 4) is 0 Å². The molecule has 0 aromatic carbocycles. The lowest BCUT2D eigenvalue weighted by Gasteiger charge is -2.31. The van der Waals surface area contributed by atoms with Gasteiger partial charge in [-0.3, -0.25) is 9.88 Å². The number of piperidine rings is 1. The van der Waals surface area contributed by atoms with Crippen LogP contribution < -0.4 is 5.73 Å². The fraction of sp³-hybridized carbons (Fsp3) is 0.643. The van der Waals surface area contributed by atoms with E-state index in [-0.39, 0.29) is 0 Å². The van der Waals surface area contributed by atoms with Gasteiger partial charge in [0.05, 0.1) is 5.69 Å². The van der Waals surface area contributed by atoms with Gasteiger partial charge in [-0.05, 0) is 43.5 Å². The Bertz CT molecular complexity index is 343. The third kappa shape index (κ3) is 3.27. The highest BCUT2D eigenvalue weighted by atomic mass is 15.1. The zero-order valence-corrected chi connectivity index (χ0v) is 10.7. The van der Waals surface area contributed by atoms with E-state index in [1.54, 1.807) is 0 Å². The molecule has 1 aromatic rings. The Balaban J connectivity index is 1.93. The molecule has 1 aliphatic rings. The van der Waals surface area contributed by atoms with Crippen LogP contribution in [0, 0.1) is 5.92 Å². The third-order valence-electron chi connectivity index (χ3n) is 3.86. The Morgan fingerprint density at radius 3 is 2.82 bits per heavy atom. The normalized spacial score (nSPS) is 18.5. The summed E-state index contributed by atoms with van der Waals surface area (Å²) in [6, 6.07) is 4.16. The van der Waals surface area contributed by atoms with Crippen LogP contribution in [0.4, 0.5) is 0 Å². The molecule has 1 fully saturated rings. The van der Waals surface area contributed by atoms with Crippen molar-refractivity contribution >= 4 is 0 Å². The summed E-state index contributed by atoms with van der Waals surface area (Å²) in [5, 5.41) is 0. The van der Waals surface area contributed by atoms with Crippen LogP contribution in [-0.4, -0.2) is 23.0 Å². The molecule has 3 nitrogen and oxygen atoms in total. The second-order valence-corrected chi connectivity index (χ2v) is 4.94. The second-order valence-electron chi connectivity index (χ2n) is 4.94. The number of nitrogens with zero attached hydrogens (tertiary/aromatic N) is 2. The van der Waals surface area contributed by atoms with Crippen LogP contribution >= 0.6 is 0 Å². The number of hydrogen-bond acceptors (Lipinski definition) is 3. The van der Waals surface area contributed by atoms with Gasteiger partial charge in [-0.1, -0.05) is 19.4 Å². The van der Waals surface area contributed by atoms with E-state index in [1.165, 1.54) is 37.9 Å². The lowest BCUT2D eigenvalue weighted by atomic mass is 9.94. The van der Waals surface area contributed by atoms with E-state index in [1.807, 2.05) is 12.3 Å². The van der Waals surface area contributed by atoms with E-state index in [0.717, 1.165) is 18.2 Å². The van der Waals surface area contributed by atoms with Crippen LogP contribution in [0.2, 0.25) is 0 Å². The summed E-state index contributed by atoms with van der Waals surface area (Å²) in [5.41, 5.74) is 8.06. The second kappa shape index (κ2) is 6.12. The van der Waals surface area contributed by atoms with Crippen LogP contribution in [0.3, 0.4) is 0 Å². The summed E-state index contributed by atoms with van der Waals surface area (Å²) < 4.78 is 0. The van der Waals surface area contributed by atoms with Crippen LogP contribution in [0.25, 0.3) is 0 Å². The summed E-state index contributed by atoms with van der Waals surface area (Å²) >= 11 is 0. The van der Waals surface area contributed by atoms with Crippen molar-refractivity contribution in [1.29, 1.82) is 0 Å². The van der Waals surface area contributed by atoms with Gasteiger partial charge in [0.25, 0.3) is 0 Å². The van der Waals surface area contributed by atoms with Gasteiger partial charge >= 0.3 is 0 Å². The molecule has 2 rings (SSSR count). The summed E-state index contributed by atoms with van der Waals surface area (Å²) in [5.74, 6) is 0.939. The Kier molecular flexibility index (Phi) is 4.51. The number of aromatic nitrogens is 1. The van der Waals surface area contributed by atoms with Crippen molar-refractivity contribution < 1.29 is 0 Å². The molecule has 2 N–H and O–H groups in total. The van der Waals surface area contributed by atoms with Gasteiger partial charge in [0, 0.05) is 19.3 Å². The first-order valence-corrected chi connectivity index (χ1v) is 6.68. The van der Waals surface area contributed by atoms with E-state index in [4.69, 9.17) is 5.73 Å². The fourth-order valence-electron chi connectivity index (χ4n) is 2.59. The van der Waals surface area contributed by atoms with E-state index >= 15 is 0 Å². The first kappa shape index (κ1) is 12.5. The molecule has 2 heterocycles. The minimum Gasteiger partial charge on any atom is -0.325 e. The van der Waals surface area contributed by atoms with Crippen molar-refractivity contribution in [3.63, 3.8) is 0 Å². The summed E-state index contributed by atoms with van der Waals surface area (Å²) in [7, 11) is 0. The van der Waals surface area contributed by atoms with Gasteiger partial charge in [0.15, 0.2) is 0 Å². The molecule has 0 radical (unpaired) electrons. The summed E-state index contributed by atoms with van der Waals surface area (Å²) in [6.45, 7) is 6.29. The van der Waals surface area contributed by atoms with E-state index in [2.05, 4.69) is 22.9 Å². The van der Waals surface area contributed by atoms with Crippen molar-refractivity contribution in [2.75, 3.05) is 13.1 Å². The smallest absolute Gasteiger partial charge is 0.0584 e. The third-order valence-corrected chi connectivity index (χ3v) is 3.86. The topological polar surface area (TPSA) is 42.2 Å². The Labute approximate surface area is 104 Å². The van der Waals surface area contributed by atoms with E-state index in [9.17, 15) is 0 Å². The van der Waals surface area contributed by atoms with Gasteiger partial charge in [0.1, 0.15) is 0 Å². The average Bonchev–Trinajstić information content (AvgIpc) is 2.40. The van der Waals surface area contributed by atoms with Gasteiger partial charge < -0.3 is 5.73 Å². The molecule has 0 aliphatic carbocycles. The Morgan fingerprint density at radius 1 is 1.41 bits per heavy atom. The zero-order valence-electron chi connectivity index (χ0n) is 10.7. The lowest BCUT2D eigenvalue weighted by molar-refractivity contribution is 0.174. The molecule has 17 heavy (non-hydrogen) atoms. The van der Waals surface area contributed by atoms with E-state index < -0.39 is 0 Å². The molecule has 1 aliphatic heterocycles. The molecular formula is C14H23N3. The number of likely N-dealkylation sites (tertiary alicyclic amines) is 1. The molecule has 0 spiro atoms. The molecule has 94 valence electrons. The zero-order chi connectivity index (χ0) is 12.1. The van der Waals surface area contributed by atoms with Crippen molar-refractivity contribution in [2.45, 2.75) is 39.3 Å². The molecule has 1 saturated heterocycles. The maximum atomic E-state index is 5.72. The molecular weight excluding hydrogens is 210 g/mol. The van der Waals surface area contributed by atoms with Crippen LogP contribution in [0.1, 0.15) is 37.4 Å². The monoisotopic (exact) mass is 233 g/mol. The Morgan fingerprint density at radius 2 is 2.18 bits per heavy atom. The highest BCUT2D eigenvalue weighted by Crippen LogP contribution is 2.21. The first-order valence-electron chi connectivity index (χ1n) is 6.68. The van der Waals surface area contributed by atoms with Crippen LogP contribution in [0.15, 0.2) is 18.3 Å². The average molecular weight is 233 g/mol. The predicted molar refractivity (Wildman–Crippen MR) is 70.4 cm³/mol. The quantitative estimate of drug-likeness (QED) is 0.866. The molecule has 0 saturated carbocycles. The van der Waals surface area contributed by atoms with Crippen molar-refractivity contribution in [3.05, 3.63) is 29.6 Å². The fourth-order valence-corrected chi connectivity index (χ4v) is 2.59. The van der Waals surface area contributed by atoms with E-state index in [0.29, 0.717) is 6.54 Å². The molecule has 3 heteroatoms. The molecule has 0 amide bonds. The summed E-state index contributed by atoms with van der Waals surface area (Å²) in [6.07, 6.45) is 5.84. The number of hydrogen-bond donors (Lipinski definition) is 1. The molecule has 1 aromatic heterocycles. The maximum Gasteiger partial charge on any atom is 0.0584 e. The number of pyridine rings is 1. The van der Waals surface area contributed by atoms with Crippen molar-refractivity contribution in [2.24, 2.45) is 11.7 Å². The lowest BCUT2D eigenvalue weighted by Crippen LogP contribution is -2.33. The minimum absolute atomic E-state index is 0.543. The minimum atomic E-state index is 0.543. The highest BCUT2D eigenvalue weighted by molar-refractivity contribution is 5.19. The van der Waals surface area contributed by atoms with Crippen LogP contribution in [-0.2, 0) is 13.1 Å². The standard InChI is InChI=1S/C14H23N3/c1-2-12-5-8-17(9-6-12)11-13-4-3-7-16-14(13)10-15/h3-4,7,12H,2,5-6,8-11,15H2,1H3. The van der Waals surface area contributed by atoms with Gasteiger partial charge in [-0.15, -0.1) is 0 Å². The number of rotatable bonds is 4. The largest absolute Gasteiger partial charge is 0.325 e. The maximum absolute atomic E-state index is 5.72. The Hall–Kier alpha value is -0.930. The SMILES string of the molecule is CCC1CCN(Cc2cccnc2CN)CC1. The molecule has 0 bridgehead atoms.